The monoisotopic (exact) mass is 235 g/mol. The molecule has 1 rings (SSSR count). The molecule has 1 atom stereocenters. The van der Waals surface area contributed by atoms with Gasteiger partial charge in [0.25, 0.3) is 0 Å². The number of hydrogen-bond acceptors (Lipinski definition) is 2. The first kappa shape index (κ1) is 12.4. The zero-order valence-corrected chi connectivity index (χ0v) is 9.03. The molecule has 0 bridgehead atoms. The molecule has 2 N–H and O–H groups in total. The Balaban J connectivity index is 2.74. The van der Waals surface area contributed by atoms with Gasteiger partial charge < -0.3 is 5.73 Å². The van der Waals surface area contributed by atoms with Crippen LogP contribution in [0.4, 0.5) is 13.2 Å². The largest absolute Gasteiger partial charge is 0.446 e. The number of nitrogens with two attached hydrogens (primary N) is 1. The molecule has 1 aromatic carbocycles. The molecule has 0 aliphatic rings. The fourth-order valence-electron chi connectivity index (χ4n) is 1.24. The van der Waals surface area contributed by atoms with Crippen LogP contribution in [-0.2, 0) is 6.42 Å². The topological polar surface area (TPSA) is 26.0 Å². The summed E-state index contributed by atoms with van der Waals surface area (Å²) in [4.78, 5) is 0.209. The summed E-state index contributed by atoms with van der Waals surface area (Å²) >= 11 is -0.0988. The van der Waals surface area contributed by atoms with Gasteiger partial charge in [0.2, 0.25) is 0 Å². The first-order valence-corrected chi connectivity index (χ1v) is 5.29. The van der Waals surface area contributed by atoms with Gasteiger partial charge in [0, 0.05) is 10.9 Å². The second-order valence-electron chi connectivity index (χ2n) is 3.38. The summed E-state index contributed by atoms with van der Waals surface area (Å²) in [6, 6.07) is 6.33. The highest BCUT2D eigenvalue weighted by Gasteiger charge is 2.29. The van der Waals surface area contributed by atoms with Gasteiger partial charge in [-0.15, -0.1) is 0 Å². The van der Waals surface area contributed by atoms with Crippen LogP contribution in [0.5, 0.6) is 0 Å². The van der Waals surface area contributed by atoms with Crippen LogP contribution in [0.15, 0.2) is 29.2 Å². The number of rotatable bonds is 3. The molecule has 15 heavy (non-hydrogen) atoms. The fourth-order valence-corrected chi connectivity index (χ4v) is 1.87. The minimum absolute atomic E-state index is 0.0452. The molecule has 0 aromatic heterocycles. The van der Waals surface area contributed by atoms with Crippen LogP contribution in [0.25, 0.3) is 0 Å². The lowest BCUT2D eigenvalue weighted by Crippen LogP contribution is -2.17. The van der Waals surface area contributed by atoms with E-state index in [-0.39, 0.29) is 22.7 Å². The maximum absolute atomic E-state index is 12.1. The normalized spacial score (nSPS) is 13.9. The van der Waals surface area contributed by atoms with Crippen LogP contribution in [-0.4, -0.2) is 11.6 Å². The lowest BCUT2D eigenvalue weighted by molar-refractivity contribution is -0.0328. The van der Waals surface area contributed by atoms with Crippen molar-refractivity contribution in [3.8, 4) is 0 Å². The van der Waals surface area contributed by atoms with Crippen molar-refractivity contribution in [2.45, 2.75) is 29.8 Å². The van der Waals surface area contributed by atoms with Crippen LogP contribution in [0, 0.1) is 0 Å². The van der Waals surface area contributed by atoms with E-state index in [2.05, 4.69) is 0 Å². The zero-order valence-electron chi connectivity index (χ0n) is 8.21. The third kappa shape index (κ3) is 5.09. The van der Waals surface area contributed by atoms with Gasteiger partial charge in [0.1, 0.15) is 0 Å². The Kier molecular flexibility index (Phi) is 4.04. The van der Waals surface area contributed by atoms with Crippen molar-refractivity contribution < 1.29 is 13.2 Å². The van der Waals surface area contributed by atoms with Crippen LogP contribution < -0.4 is 5.73 Å². The van der Waals surface area contributed by atoms with Crippen molar-refractivity contribution in [1.29, 1.82) is 0 Å². The van der Waals surface area contributed by atoms with Gasteiger partial charge in [-0.3, -0.25) is 0 Å². The van der Waals surface area contributed by atoms with Crippen LogP contribution in [0.2, 0.25) is 0 Å². The first-order chi connectivity index (χ1) is 6.87. The lowest BCUT2D eigenvalue weighted by atomic mass is 10.1. The molecule has 0 aliphatic carbocycles. The number of alkyl halides is 3. The number of thioether (sulfide) groups is 1. The molecule has 0 radical (unpaired) electrons. The molecular formula is C10H12F3NS. The van der Waals surface area contributed by atoms with Gasteiger partial charge in [-0.05, 0) is 42.8 Å². The Morgan fingerprint density at radius 2 is 2.07 bits per heavy atom. The highest BCUT2D eigenvalue weighted by Crippen LogP contribution is 2.36. The molecule has 0 spiro atoms. The van der Waals surface area contributed by atoms with Gasteiger partial charge >= 0.3 is 5.51 Å². The third-order valence-corrected chi connectivity index (χ3v) is 2.41. The predicted octanol–water partition coefficient (Wildman–Crippen LogP) is 3.19. The van der Waals surface area contributed by atoms with Crippen molar-refractivity contribution in [2.75, 3.05) is 0 Å². The number of halogens is 3. The minimum atomic E-state index is -4.23. The molecular weight excluding hydrogens is 223 g/mol. The Hall–Kier alpha value is -0.680. The number of hydrogen-bond donors (Lipinski definition) is 1. The van der Waals surface area contributed by atoms with E-state index >= 15 is 0 Å². The van der Waals surface area contributed by atoms with E-state index in [0.29, 0.717) is 6.42 Å². The molecule has 0 amide bonds. The van der Waals surface area contributed by atoms with Crippen LogP contribution in [0.1, 0.15) is 12.5 Å². The van der Waals surface area contributed by atoms with E-state index in [4.69, 9.17) is 5.73 Å². The van der Waals surface area contributed by atoms with Crippen LogP contribution >= 0.6 is 11.8 Å². The fraction of sp³-hybridized carbons (Fsp3) is 0.400. The van der Waals surface area contributed by atoms with Crippen LogP contribution in [0.3, 0.4) is 0 Å². The average Bonchev–Trinajstić information content (AvgIpc) is 1.99. The van der Waals surface area contributed by atoms with Crippen molar-refractivity contribution in [2.24, 2.45) is 5.73 Å². The summed E-state index contributed by atoms with van der Waals surface area (Å²) < 4.78 is 36.2. The molecule has 0 fully saturated rings. The van der Waals surface area contributed by atoms with E-state index in [1.807, 2.05) is 6.92 Å². The SMILES string of the molecule is C[C@H](N)Cc1cccc(SC(F)(F)F)c1. The average molecular weight is 235 g/mol. The van der Waals surface area contributed by atoms with Crippen molar-refractivity contribution >= 4 is 11.8 Å². The zero-order chi connectivity index (χ0) is 11.5. The third-order valence-electron chi connectivity index (χ3n) is 1.69. The summed E-state index contributed by atoms with van der Waals surface area (Å²) in [6.07, 6.45) is 0.590. The summed E-state index contributed by atoms with van der Waals surface area (Å²) in [5.41, 5.74) is 2.18. The summed E-state index contributed by atoms with van der Waals surface area (Å²) in [5.74, 6) is 0. The molecule has 0 saturated heterocycles. The molecule has 1 nitrogen and oxygen atoms in total. The molecule has 84 valence electrons. The molecule has 0 heterocycles. The van der Waals surface area contributed by atoms with E-state index in [1.165, 1.54) is 12.1 Å². The van der Waals surface area contributed by atoms with Gasteiger partial charge in [0.05, 0.1) is 0 Å². The smallest absolute Gasteiger partial charge is 0.328 e. The second-order valence-corrected chi connectivity index (χ2v) is 4.52. The van der Waals surface area contributed by atoms with Gasteiger partial charge in [0.15, 0.2) is 0 Å². The molecule has 0 saturated carbocycles. The minimum Gasteiger partial charge on any atom is -0.328 e. The molecule has 0 aliphatic heterocycles. The maximum Gasteiger partial charge on any atom is 0.446 e. The Labute approximate surface area is 90.9 Å². The van der Waals surface area contributed by atoms with Crippen molar-refractivity contribution in [3.05, 3.63) is 29.8 Å². The van der Waals surface area contributed by atoms with Gasteiger partial charge in [-0.25, -0.2) is 0 Å². The van der Waals surface area contributed by atoms with E-state index < -0.39 is 5.51 Å². The summed E-state index contributed by atoms with van der Waals surface area (Å²) in [6.45, 7) is 1.82. The summed E-state index contributed by atoms with van der Waals surface area (Å²) in [7, 11) is 0. The van der Waals surface area contributed by atoms with E-state index in [9.17, 15) is 13.2 Å². The van der Waals surface area contributed by atoms with E-state index in [1.54, 1.807) is 12.1 Å². The highest BCUT2D eigenvalue weighted by atomic mass is 32.2. The predicted molar refractivity (Wildman–Crippen MR) is 55.7 cm³/mol. The standard InChI is InChI=1S/C10H12F3NS/c1-7(14)5-8-3-2-4-9(6-8)15-10(11,12)13/h2-4,6-7H,5,14H2,1H3/t7-/m0/s1. The second kappa shape index (κ2) is 4.90. The highest BCUT2D eigenvalue weighted by molar-refractivity contribution is 8.00. The Bertz CT molecular complexity index is 323. The van der Waals surface area contributed by atoms with Gasteiger partial charge in [-0.1, -0.05) is 12.1 Å². The first-order valence-electron chi connectivity index (χ1n) is 4.47. The Morgan fingerprint density at radius 1 is 1.40 bits per heavy atom. The number of benzene rings is 1. The van der Waals surface area contributed by atoms with Crippen molar-refractivity contribution in [1.82, 2.24) is 0 Å². The van der Waals surface area contributed by atoms with Gasteiger partial charge in [-0.2, -0.15) is 13.2 Å². The maximum atomic E-state index is 12.1. The quantitative estimate of drug-likeness (QED) is 0.814. The molecule has 0 unspecified atom stereocenters. The molecule has 5 heteroatoms. The Morgan fingerprint density at radius 3 is 2.60 bits per heavy atom. The molecule has 1 aromatic rings. The lowest BCUT2D eigenvalue weighted by Gasteiger charge is -2.08. The summed E-state index contributed by atoms with van der Waals surface area (Å²) in [5, 5.41) is 0. The van der Waals surface area contributed by atoms with E-state index in [0.717, 1.165) is 5.56 Å². The van der Waals surface area contributed by atoms with Crippen molar-refractivity contribution in [3.63, 3.8) is 0 Å².